The van der Waals surface area contributed by atoms with Crippen LogP contribution in [-0.4, -0.2) is 49.6 Å². The molecule has 4 amide bonds. The molecule has 1 aliphatic heterocycles. The normalized spacial score (nSPS) is 16.2. The fourth-order valence-electron chi connectivity index (χ4n) is 3.16. The highest BCUT2D eigenvalue weighted by atomic mass is 16.5. The van der Waals surface area contributed by atoms with Crippen molar-refractivity contribution in [2.45, 2.75) is 19.9 Å². The topological polar surface area (TPSA) is 88.2 Å². The zero-order valence-corrected chi connectivity index (χ0v) is 16.8. The molecule has 0 aromatic heterocycles. The minimum Gasteiger partial charge on any atom is -0.497 e. The van der Waals surface area contributed by atoms with Gasteiger partial charge in [0, 0.05) is 11.8 Å². The highest BCUT2D eigenvalue weighted by Gasteiger charge is 2.44. The van der Waals surface area contributed by atoms with Gasteiger partial charge in [-0.25, -0.2) is 4.79 Å². The number of amides is 4. The molecule has 8 nitrogen and oxygen atoms in total. The Hall–Kier alpha value is -3.55. The van der Waals surface area contributed by atoms with E-state index in [1.807, 2.05) is 19.1 Å². The van der Waals surface area contributed by atoms with Crippen molar-refractivity contribution < 1.29 is 23.9 Å². The van der Waals surface area contributed by atoms with E-state index in [9.17, 15) is 14.4 Å². The van der Waals surface area contributed by atoms with Gasteiger partial charge in [0.15, 0.2) is 0 Å². The van der Waals surface area contributed by atoms with Crippen molar-refractivity contribution in [1.82, 2.24) is 4.90 Å². The summed E-state index contributed by atoms with van der Waals surface area (Å²) in [5, 5.41) is 2.67. The number of ether oxygens (including phenoxy) is 2. The second kappa shape index (κ2) is 8.22. The minimum absolute atomic E-state index is 0.388. The van der Waals surface area contributed by atoms with Crippen LogP contribution < -0.4 is 19.7 Å². The molecule has 3 rings (SSSR count). The lowest BCUT2D eigenvalue weighted by atomic mass is 10.2. The smallest absolute Gasteiger partial charge is 0.332 e. The highest BCUT2D eigenvalue weighted by molar-refractivity contribution is 6.16. The molecule has 2 aromatic rings. The van der Waals surface area contributed by atoms with Crippen LogP contribution in [0.3, 0.4) is 0 Å². The van der Waals surface area contributed by atoms with E-state index in [1.165, 1.54) is 19.1 Å². The first-order valence-electron chi connectivity index (χ1n) is 9.08. The van der Waals surface area contributed by atoms with E-state index in [1.54, 1.807) is 37.3 Å². The molecule has 29 heavy (non-hydrogen) atoms. The van der Waals surface area contributed by atoms with Crippen LogP contribution in [0.4, 0.5) is 16.2 Å². The van der Waals surface area contributed by atoms with E-state index in [0.29, 0.717) is 22.9 Å². The number of methoxy groups -OCH3 is 2. The fraction of sp³-hybridized carbons (Fsp3) is 0.286. The van der Waals surface area contributed by atoms with Crippen LogP contribution in [-0.2, 0) is 9.59 Å². The summed E-state index contributed by atoms with van der Waals surface area (Å²) in [6, 6.07) is 11.0. The number of anilines is 2. The van der Waals surface area contributed by atoms with Crippen LogP contribution in [0.5, 0.6) is 11.5 Å². The molecule has 1 N–H and O–H groups in total. The van der Waals surface area contributed by atoms with Crippen molar-refractivity contribution in [1.29, 1.82) is 0 Å². The molecule has 2 aromatic carbocycles. The Labute approximate surface area is 169 Å². The number of carbonyl (C=O) groups is 3. The maximum absolute atomic E-state index is 12.8. The summed E-state index contributed by atoms with van der Waals surface area (Å²) in [5.74, 6) is 0.0287. The average molecular weight is 397 g/mol. The van der Waals surface area contributed by atoms with Gasteiger partial charge in [0.05, 0.1) is 19.9 Å². The number of aryl methyl sites for hydroxylation is 1. The number of nitrogens with one attached hydrogen (secondary N) is 1. The molecule has 152 valence electrons. The Morgan fingerprint density at radius 3 is 2.38 bits per heavy atom. The molecule has 0 radical (unpaired) electrons. The van der Waals surface area contributed by atoms with Gasteiger partial charge < -0.3 is 14.8 Å². The lowest BCUT2D eigenvalue weighted by molar-refractivity contribution is -0.130. The molecule has 1 fully saturated rings. The van der Waals surface area contributed by atoms with Crippen molar-refractivity contribution in [2.75, 3.05) is 31.0 Å². The van der Waals surface area contributed by atoms with Gasteiger partial charge in [-0.3, -0.25) is 19.4 Å². The maximum Gasteiger partial charge on any atom is 0.332 e. The number of nitrogens with zero attached hydrogens (tertiary/aromatic N) is 2. The van der Waals surface area contributed by atoms with Gasteiger partial charge in [-0.15, -0.1) is 0 Å². The van der Waals surface area contributed by atoms with Crippen molar-refractivity contribution >= 4 is 29.2 Å². The van der Waals surface area contributed by atoms with Crippen molar-refractivity contribution in [3.63, 3.8) is 0 Å². The number of imide groups is 1. The molecule has 1 heterocycles. The summed E-state index contributed by atoms with van der Waals surface area (Å²) in [4.78, 5) is 40.3. The molecule has 0 spiro atoms. The third-order valence-corrected chi connectivity index (χ3v) is 4.74. The molecule has 1 atom stereocenters. The lowest BCUT2D eigenvalue weighted by Gasteiger charge is -2.19. The summed E-state index contributed by atoms with van der Waals surface area (Å²) >= 11 is 0. The second-order valence-electron chi connectivity index (χ2n) is 6.70. The van der Waals surface area contributed by atoms with Crippen molar-refractivity contribution in [2.24, 2.45) is 0 Å². The minimum atomic E-state index is -0.690. The van der Waals surface area contributed by atoms with E-state index < -0.39 is 30.4 Å². The summed E-state index contributed by atoms with van der Waals surface area (Å²) in [5.41, 5.74) is 2.04. The summed E-state index contributed by atoms with van der Waals surface area (Å²) in [6.45, 7) is 3.18. The van der Waals surface area contributed by atoms with Gasteiger partial charge in [-0.05, 0) is 38.1 Å². The third-order valence-electron chi connectivity index (χ3n) is 4.74. The van der Waals surface area contributed by atoms with Crippen LogP contribution >= 0.6 is 0 Å². The second-order valence-corrected chi connectivity index (χ2v) is 6.70. The van der Waals surface area contributed by atoms with Gasteiger partial charge in [-0.2, -0.15) is 0 Å². The molecular weight excluding hydrogens is 374 g/mol. The van der Waals surface area contributed by atoms with Gasteiger partial charge >= 0.3 is 6.03 Å². The van der Waals surface area contributed by atoms with Gasteiger partial charge in [0.25, 0.3) is 5.91 Å². The molecule has 1 aliphatic rings. The van der Waals surface area contributed by atoms with Crippen LogP contribution in [0.15, 0.2) is 42.5 Å². The van der Waals surface area contributed by atoms with Crippen LogP contribution in [0.1, 0.15) is 12.5 Å². The van der Waals surface area contributed by atoms with Crippen molar-refractivity contribution in [3.8, 4) is 11.5 Å². The summed E-state index contributed by atoms with van der Waals surface area (Å²) < 4.78 is 10.4. The monoisotopic (exact) mass is 397 g/mol. The third kappa shape index (κ3) is 4.01. The summed E-state index contributed by atoms with van der Waals surface area (Å²) in [6.07, 6.45) is 0. The number of hydrogen-bond acceptors (Lipinski definition) is 5. The molecule has 1 saturated heterocycles. The van der Waals surface area contributed by atoms with Gasteiger partial charge in [0.2, 0.25) is 5.91 Å². The lowest BCUT2D eigenvalue weighted by Crippen LogP contribution is -2.39. The highest BCUT2D eigenvalue weighted by Crippen LogP contribution is 2.29. The first-order chi connectivity index (χ1) is 13.8. The molecule has 0 unspecified atom stereocenters. The predicted molar refractivity (Wildman–Crippen MR) is 108 cm³/mol. The Morgan fingerprint density at radius 1 is 1.07 bits per heavy atom. The zero-order valence-electron chi connectivity index (χ0n) is 16.8. The average Bonchev–Trinajstić information content (AvgIpc) is 2.92. The molecule has 0 aliphatic carbocycles. The number of carbonyl (C=O) groups excluding carboxylic acids is 3. The first-order valence-corrected chi connectivity index (χ1v) is 9.08. The van der Waals surface area contributed by atoms with E-state index in [2.05, 4.69) is 5.32 Å². The quantitative estimate of drug-likeness (QED) is 0.758. The van der Waals surface area contributed by atoms with Crippen LogP contribution in [0, 0.1) is 6.92 Å². The Bertz CT molecular complexity index is 942. The number of urea groups is 1. The van der Waals surface area contributed by atoms with Crippen molar-refractivity contribution in [3.05, 3.63) is 48.0 Å². The summed E-state index contributed by atoms with van der Waals surface area (Å²) in [7, 11) is 2.99. The number of hydrogen-bond donors (Lipinski definition) is 1. The predicted octanol–water partition coefficient (Wildman–Crippen LogP) is 2.81. The van der Waals surface area contributed by atoms with Crippen LogP contribution in [0.2, 0.25) is 0 Å². The van der Waals surface area contributed by atoms with E-state index in [0.717, 1.165) is 10.5 Å². The fourth-order valence-corrected chi connectivity index (χ4v) is 3.16. The Kier molecular flexibility index (Phi) is 5.72. The van der Waals surface area contributed by atoms with E-state index in [-0.39, 0.29) is 0 Å². The SMILES string of the molecule is COc1ccc(OC)c(NC(=O)CN2C(=O)[C@H](C)N(c3ccc(C)cc3)C2=O)c1. The first kappa shape index (κ1) is 20.2. The zero-order chi connectivity index (χ0) is 21.1. The molecule has 0 saturated carbocycles. The largest absolute Gasteiger partial charge is 0.497 e. The molecular formula is C21H23N3O5. The molecule has 0 bridgehead atoms. The van der Waals surface area contributed by atoms with Gasteiger partial charge in [0.1, 0.15) is 24.1 Å². The standard InChI is InChI=1S/C21H23N3O5/c1-13-5-7-15(8-6-13)24-14(2)20(26)23(21(24)27)12-19(25)22-17-11-16(28-3)9-10-18(17)29-4/h5-11,14H,12H2,1-4H3,(H,22,25)/t14-/m0/s1. The Balaban J connectivity index is 1.76. The van der Waals surface area contributed by atoms with Gasteiger partial charge in [-0.1, -0.05) is 17.7 Å². The van der Waals surface area contributed by atoms with Crippen LogP contribution in [0.25, 0.3) is 0 Å². The molecule has 8 heteroatoms. The van der Waals surface area contributed by atoms with E-state index in [4.69, 9.17) is 9.47 Å². The Morgan fingerprint density at radius 2 is 1.76 bits per heavy atom. The number of rotatable bonds is 6. The number of benzene rings is 2. The van der Waals surface area contributed by atoms with E-state index >= 15 is 0 Å². The maximum atomic E-state index is 12.8.